The summed E-state index contributed by atoms with van der Waals surface area (Å²) >= 11 is 1.63. The zero-order chi connectivity index (χ0) is 17.0. The quantitative estimate of drug-likeness (QED) is 0.636. The van der Waals surface area contributed by atoms with E-state index in [0.29, 0.717) is 16.7 Å². The van der Waals surface area contributed by atoms with Crippen molar-refractivity contribution in [3.8, 4) is 0 Å². The Balaban J connectivity index is 2.67. The van der Waals surface area contributed by atoms with Gasteiger partial charge in [0.15, 0.2) is 0 Å². The SMILES string of the molecule is CSc1ccc(C(=C(CO)c2cccc(F)c2)C(C)(C)O)cc1. The third-order valence-corrected chi connectivity index (χ3v) is 4.37. The molecule has 0 aliphatic heterocycles. The van der Waals surface area contributed by atoms with Gasteiger partial charge in [-0.15, -0.1) is 11.8 Å². The van der Waals surface area contributed by atoms with Gasteiger partial charge >= 0.3 is 0 Å². The van der Waals surface area contributed by atoms with Gasteiger partial charge in [0.25, 0.3) is 0 Å². The second kappa shape index (κ2) is 7.30. The van der Waals surface area contributed by atoms with Crippen molar-refractivity contribution in [1.82, 2.24) is 0 Å². The molecule has 4 heteroatoms. The fraction of sp³-hybridized carbons (Fsp3) is 0.263. The van der Waals surface area contributed by atoms with Crippen molar-refractivity contribution in [2.75, 3.05) is 12.9 Å². The second-order valence-electron chi connectivity index (χ2n) is 5.81. The van der Waals surface area contributed by atoms with Crippen molar-refractivity contribution in [3.05, 3.63) is 65.5 Å². The molecule has 0 fully saturated rings. The van der Waals surface area contributed by atoms with Gasteiger partial charge in [0, 0.05) is 4.90 Å². The molecule has 2 nitrogen and oxygen atoms in total. The Hall–Kier alpha value is -1.62. The maximum atomic E-state index is 13.6. The zero-order valence-corrected chi connectivity index (χ0v) is 14.3. The first-order valence-electron chi connectivity index (χ1n) is 7.34. The Morgan fingerprint density at radius 1 is 1.09 bits per heavy atom. The molecule has 0 atom stereocenters. The maximum absolute atomic E-state index is 13.6. The van der Waals surface area contributed by atoms with Crippen molar-refractivity contribution in [2.45, 2.75) is 24.3 Å². The average Bonchev–Trinajstić information content (AvgIpc) is 2.51. The molecule has 122 valence electrons. The highest BCUT2D eigenvalue weighted by atomic mass is 32.2. The molecule has 0 amide bonds. The van der Waals surface area contributed by atoms with E-state index in [2.05, 4.69) is 0 Å². The topological polar surface area (TPSA) is 40.5 Å². The minimum Gasteiger partial charge on any atom is -0.392 e. The molecule has 0 aliphatic rings. The molecule has 23 heavy (non-hydrogen) atoms. The Kier molecular flexibility index (Phi) is 5.63. The monoisotopic (exact) mass is 332 g/mol. The lowest BCUT2D eigenvalue weighted by Gasteiger charge is -2.26. The van der Waals surface area contributed by atoms with Crippen LogP contribution in [0.25, 0.3) is 11.1 Å². The number of halogens is 1. The van der Waals surface area contributed by atoms with Gasteiger partial charge in [-0.3, -0.25) is 0 Å². The molecule has 0 spiro atoms. The first-order chi connectivity index (χ1) is 10.9. The molecular weight excluding hydrogens is 311 g/mol. The van der Waals surface area contributed by atoms with Crippen LogP contribution in [0.2, 0.25) is 0 Å². The van der Waals surface area contributed by atoms with E-state index in [0.717, 1.165) is 10.5 Å². The van der Waals surface area contributed by atoms with E-state index in [9.17, 15) is 14.6 Å². The zero-order valence-electron chi connectivity index (χ0n) is 13.5. The van der Waals surface area contributed by atoms with Gasteiger partial charge in [0.1, 0.15) is 5.82 Å². The standard InChI is InChI=1S/C19H21FO2S/c1-19(2,22)18(13-7-9-16(23-3)10-8-13)17(12-21)14-5-4-6-15(20)11-14/h4-11,21-22H,12H2,1-3H3. The molecule has 2 rings (SSSR count). The summed E-state index contributed by atoms with van der Waals surface area (Å²) in [7, 11) is 0. The predicted molar refractivity (Wildman–Crippen MR) is 94.8 cm³/mol. The van der Waals surface area contributed by atoms with Crippen LogP contribution in [0.1, 0.15) is 25.0 Å². The first kappa shape index (κ1) is 17.7. The van der Waals surface area contributed by atoms with E-state index in [1.165, 1.54) is 12.1 Å². The Morgan fingerprint density at radius 2 is 1.74 bits per heavy atom. The number of benzene rings is 2. The minimum absolute atomic E-state index is 0.285. The van der Waals surface area contributed by atoms with Crippen molar-refractivity contribution in [2.24, 2.45) is 0 Å². The summed E-state index contributed by atoms with van der Waals surface area (Å²) < 4.78 is 13.6. The van der Waals surface area contributed by atoms with Crippen LogP contribution in [-0.4, -0.2) is 28.7 Å². The summed E-state index contributed by atoms with van der Waals surface area (Å²) in [5, 5.41) is 20.5. The van der Waals surface area contributed by atoms with Crippen molar-refractivity contribution in [3.63, 3.8) is 0 Å². The summed E-state index contributed by atoms with van der Waals surface area (Å²) in [5.74, 6) is -0.374. The van der Waals surface area contributed by atoms with Crippen LogP contribution in [0.15, 0.2) is 53.4 Å². The molecule has 2 aromatic carbocycles. The predicted octanol–water partition coefficient (Wildman–Crippen LogP) is 4.22. The number of thioether (sulfide) groups is 1. The highest BCUT2D eigenvalue weighted by Crippen LogP contribution is 2.35. The first-order valence-corrected chi connectivity index (χ1v) is 8.56. The molecule has 0 aromatic heterocycles. The van der Waals surface area contributed by atoms with E-state index >= 15 is 0 Å². The summed E-state index contributed by atoms with van der Waals surface area (Å²) in [4.78, 5) is 1.11. The highest BCUT2D eigenvalue weighted by Gasteiger charge is 2.25. The number of hydrogen-bond acceptors (Lipinski definition) is 3. The van der Waals surface area contributed by atoms with E-state index in [-0.39, 0.29) is 12.4 Å². The lowest BCUT2D eigenvalue weighted by molar-refractivity contribution is 0.143. The summed E-state index contributed by atoms with van der Waals surface area (Å²) in [6, 6.07) is 13.8. The van der Waals surface area contributed by atoms with Gasteiger partial charge in [-0.1, -0.05) is 24.3 Å². The summed E-state index contributed by atoms with van der Waals surface area (Å²) in [5.41, 5.74) is 1.32. The van der Waals surface area contributed by atoms with Crippen LogP contribution in [-0.2, 0) is 0 Å². The second-order valence-corrected chi connectivity index (χ2v) is 6.69. The Morgan fingerprint density at radius 3 is 2.22 bits per heavy atom. The third-order valence-electron chi connectivity index (χ3n) is 3.62. The van der Waals surface area contributed by atoms with Crippen LogP contribution in [0.3, 0.4) is 0 Å². The fourth-order valence-corrected chi connectivity index (χ4v) is 3.05. The molecule has 0 unspecified atom stereocenters. The number of aliphatic hydroxyl groups excluding tert-OH is 1. The lowest BCUT2D eigenvalue weighted by atomic mass is 9.85. The highest BCUT2D eigenvalue weighted by molar-refractivity contribution is 7.98. The number of hydrogen-bond donors (Lipinski definition) is 2. The third kappa shape index (κ3) is 4.22. The molecule has 0 aliphatic carbocycles. The number of aliphatic hydroxyl groups is 2. The Labute approximate surface area is 140 Å². The molecule has 0 bridgehead atoms. The molecule has 2 N–H and O–H groups in total. The van der Waals surface area contributed by atoms with Gasteiger partial charge in [-0.2, -0.15) is 0 Å². The average molecular weight is 332 g/mol. The fourth-order valence-electron chi connectivity index (χ4n) is 2.65. The van der Waals surface area contributed by atoms with Gasteiger partial charge in [0.05, 0.1) is 12.2 Å². The molecule has 0 saturated heterocycles. The molecule has 0 radical (unpaired) electrons. The minimum atomic E-state index is -1.18. The van der Waals surface area contributed by atoms with Gasteiger partial charge in [0.2, 0.25) is 0 Å². The summed E-state index contributed by atoms with van der Waals surface area (Å²) in [6.07, 6.45) is 1.99. The van der Waals surface area contributed by atoms with Crippen molar-refractivity contribution >= 4 is 22.9 Å². The van der Waals surface area contributed by atoms with Gasteiger partial charge in [-0.25, -0.2) is 4.39 Å². The lowest BCUT2D eigenvalue weighted by Crippen LogP contribution is -2.23. The summed E-state index contributed by atoms with van der Waals surface area (Å²) in [6.45, 7) is 3.05. The van der Waals surface area contributed by atoms with Crippen LogP contribution >= 0.6 is 11.8 Å². The molecule has 0 saturated carbocycles. The van der Waals surface area contributed by atoms with Crippen LogP contribution in [0.5, 0.6) is 0 Å². The molecule has 2 aromatic rings. The normalized spacial score (nSPS) is 13.0. The largest absolute Gasteiger partial charge is 0.392 e. The van der Waals surface area contributed by atoms with Crippen LogP contribution in [0, 0.1) is 5.82 Å². The van der Waals surface area contributed by atoms with Crippen molar-refractivity contribution < 1.29 is 14.6 Å². The molecule has 0 heterocycles. The van der Waals surface area contributed by atoms with Crippen LogP contribution in [0.4, 0.5) is 4.39 Å². The smallest absolute Gasteiger partial charge is 0.123 e. The van der Waals surface area contributed by atoms with E-state index in [1.807, 2.05) is 30.5 Å². The van der Waals surface area contributed by atoms with Gasteiger partial charge < -0.3 is 10.2 Å². The van der Waals surface area contributed by atoms with Crippen molar-refractivity contribution in [1.29, 1.82) is 0 Å². The van der Waals surface area contributed by atoms with Gasteiger partial charge in [-0.05, 0) is 66.6 Å². The van der Waals surface area contributed by atoms with E-state index in [1.54, 1.807) is 37.7 Å². The van der Waals surface area contributed by atoms with E-state index < -0.39 is 5.60 Å². The van der Waals surface area contributed by atoms with Crippen LogP contribution < -0.4 is 0 Å². The Bertz CT molecular complexity index is 700. The van der Waals surface area contributed by atoms with E-state index in [4.69, 9.17) is 0 Å². The molecular formula is C19H21FO2S. The number of rotatable bonds is 5. The maximum Gasteiger partial charge on any atom is 0.123 e.